The molecule has 0 aliphatic carbocycles. The molecule has 74 heavy (non-hydrogen) atoms. The first kappa shape index (κ1) is 72.2. The Morgan fingerprint density at radius 3 is 0.676 bits per heavy atom. The van der Waals surface area contributed by atoms with Gasteiger partial charge in [-0.15, -0.1) is 0 Å². The third-order valence-corrected chi connectivity index (χ3v) is 15.5. The second-order valence-electron chi connectivity index (χ2n) is 23.1. The van der Waals surface area contributed by atoms with Gasteiger partial charge in [-0.2, -0.15) is 0 Å². The van der Waals surface area contributed by atoms with Crippen molar-refractivity contribution in [1.29, 1.82) is 0 Å². The standard InChI is InChI=1S/C68H130O6/c1-4-7-10-13-16-19-22-25-27-29-31-32-33-34-35-36-37-39-40-43-46-49-52-55-58-61-67(70)73-64-65(63-72-66(69)60-57-54-51-48-45-42-24-21-18-15-12-9-6-3)74-68(71)62-59-56-53-50-47-44-41-38-30-28-26-23-20-17-14-11-8-5-2/h29,31,65H,4-28,30,32-64H2,1-3H3/b31-29-. The molecule has 0 rings (SSSR count). The molecule has 0 amide bonds. The highest BCUT2D eigenvalue weighted by atomic mass is 16.6. The van der Waals surface area contributed by atoms with Crippen LogP contribution in [0.3, 0.4) is 0 Å². The maximum Gasteiger partial charge on any atom is 0.306 e. The van der Waals surface area contributed by atoms with Crippen LogP contribution < -0.4 is 0 Å². The van der Waals surface area contributed by atoms with E-state index in [0.717, 1.165) is 57.8 Å². The van der Waals surface area contributed by atoms with Crippen molar-refractivity contribution in [3.05, 3.63) is 12.2 Å². The molecule has 0 N–H and O–H groups in total. The topological polar surface area (TPSA) is 78.9 Å². The summed E-state index contributed by atoms with van der Waals surface area (Å²) < 4.78 is 17.0. The van der Waals surface area contributed by atoms with Crippen molar-refractivity contribution in [2.75, 3.05) is 13.2 Å². The number of unbranched alkanes of at least 4 members (excludes halogenated alkanes) is 50. The second kappa shape index (κ2) is 63.7. The van der Waals surface area contributed by atoms with Crippen LogP contribution in [0.5, 0.6) is 0 Å². The zero-order valence-corrected chi connectivity index (χ0v) is 50.4. The number of hydrogen-bond donors (Lipinski definition) is 0. The monoisotopic (exact) mass is 1040 g/mol. The molecule has 0 spiro atoms. The zero-order valence-electron chi connectivity index (χ0n) is 50.4. The molecule has 0 bridgehead atoms. The molecule has 438 valence electrons. The molecule has 0 aliphatic heterocycles. The van der Waals surface area contributed by atoms with Gasteiger partial charge in [0.05, 0.1) is 0 Å². The first-order chi connectivity index (χ1) is 36.5. The summed E-state index contributed by atoms with van der Waals surface area (Å²) in [5, 5.41) is 0. The molecule has 0 heterocycles. The van der Waals surface area contributed by atoms with Crippen LogP contribution >= 0.6 is 0 Å². The fourth-order valence-corrected chi connectivity index (χ4v) is 10.4. The number of hydrogen-bond acceptors (Lipinski definition) is 6. The van der Waals surface area contributed by atoms with E-state index in [4.69, 9.17) is 14.2 Å². The highest BCUT2D eigenvalue weighted by molar-refractivity contribution is 5.71. The Hall–Kier alpha value is -1.85. The minimum atomic E-state index is -0.765. The zero-order chi connectivity index (χ0) is 53.6. The maximum absolute atomic E-state index is 12.9. The lowest BCUT2D eigenvalue weighted by molar-refractivity contribution is -0.167. The molecule has 1 atom stereocenters. The average molecular weight is 1040 g/mol. The molecular weight excluding hydrogens is 913 g/mol. The van der Waals surface area contributed by atoms with Gasteiger partial charge in [-0.1, -0.05) is 335 Å². The summed E-state index contributed by atoms with van der Waals surface area (Å²) >= 11 is 0. The second-order valence-corrected chi connectivity index (χ2v) is 23.1. The molecule has 1 unspecified atom stereocenters. The molecule has 0 saturated heterocycles. The van der Waals surface area contributed by atoms with Gasteiger partial charge in [-0.3, -0.25) is 14.4 Å². The van der Waals surface area contributed by atoms with Gasteiger partial charge in [0.1, 0.15) is 13.2 Å². The highest BCUT2D eigenvalue weighted by Gasteiger charge is 2.19. The lowest BCUT2D eigenvalue weighted by atomic mass is 10.0. The highest BCUT2D eigenvalue weighted by Crippen LogP contribution is 2.18. The van der Waals surface area contributed by atoms with Crippen LogP contribution in [0.4, 0.5) is 0 Å². The van der Waals surface area contributed by atoms with Gasteiger partial charge in [0.25, 0.3) is 0 Å². The van der Waals surface area contributed by atoms with Crippen LogP contribution in [0.1, 0.15) is 387 Å². The van der Waals surface area contributed by atoms with Gasteiger partial charge in [-0.05, 0) is 44.9 Å². The third-order valence-electron chi connectivity index (χ3n) is 15.5. The van der Waals surface area contributed by atoms with Gasteiger partial charge in [0, 0.05) is 19.3 Å². The van der Waals surface area contributed by atoms with Crippen LogP contribution in [0, 0.1) is 0 Å². The fourth-order valence-electron chi connectivity index (χ4n) is 10.4. The Morgan fingerprint density at radius 1 is 0.257 bits per heavy atom. The van der Waals surface area contributed by atoms with Crippen molar-refractivity contribution in [3.8, 4) is 0 Å². The maximum atomic E-state index is 12.9. The van der Waals surface area contributed by atoms with Crippen LogP contribution in [-0.4, -0.2) is 37.2 Å². The Morgan fingerprint density at radius 2 is 0.446 bits per heavy atom. The molecule has 0 aliphatic rings. The summed E-state index contributed by atoms with van der Waals surface area (Å²) in [6, 6.07) is 0. The Kier molecular flexibility index (Phi) is 62.1. The van der Waals surface area contributed by atoms with Crippen molar-refractivity contribution in [1.82, 2.24) is 0 Å². The summed E-state index contributed by atoms with van der Waals surface area (Å²) in [5.41, 5.74) is 0. The number of ether oxygens (including phenoxy) is 3. The van der Waals surface area contributed by atoms with E-state index in [1.54, 1.807) is 0 Å². The minimum Gasteiger partial charge on any atom is -0.462 e. The van der Waals surface area contributed by atoms with Gasteiger partial charge >= 0.3 is 17.9 Å². The van der Waals surface area contributed by atoms with Crippen LogP contribution in [-0.2, 0) is 28.6 Å². The summed E-state index contributed by atoms with van der Waals surface area (Å²) in [5.74, 6) is -0.830. The van der Waals surface area contributed by atoms with E-state index in [1.807, 2.05) is 0 Å². The fraction of sp³-hybridized carbons (Fsp3) is 0.926. The Bertz CT molecular complexity index is 1150. The third kappa shape index (κ3) is 61.0. The van der Waals surface area contributed by atoms with Crippen LogP contribution in [0.2, 0.25) is 0 Å². The lowest BCUT2D eigenvalue weighted by Crippen LogP contribution is -2.30. The molecule has 0 aromatic carbocycles. The summed E-state index contributed by atoms with van der Waals surface area (Å²) in [6.07, 6.45) is 75.1. The largest absolute Gasteiger partial charge is 0.462 e. The predicted octanol–water partition coefficient (Wildman–Crippen LogP) is 22.8. The number of allylic oxidation sites excluding steroid dienone is 2. The molecule has 0 saturated carbocycles. The van der Waals surface area contributed by atoms with E-state index in [2.05, 4.69) is 32.9 Å². The minimum absolute atomic E-state index is 0.0628. The van der Waals surface area contributed by atoms with Crippen molar-refractivity contribution < 1.29 is 28.6 Å². The Balaban J connectivity index is 4.21. The Labute approximate surface area is 462 Å². The molecule has 0 aromatic heterocycles. The van der Waals surface area contributed by atoms with E-state index in [9.17, 15) is 14.4 Å². The van der Waals surface area contributed by atoms with Crippen molar-refractivity contribution >= 4 is 17.9 Å². The van der Waals surface area contributed by atoms with Crippen molar-refractivity contribution in [3.63, 3.8) is 0 Å². The summed E-state index contributed by atoms with van der Waals surface area (Å²) in [7, 11) is 0. The van der Waals surface area contributed by atoms with Crippen molar-refractivity contribution in [2.24, 2.45) is 0 Å². The van der Waals surface area contributed by atoms with E-state index in [-0.39, 0.29) is 31.1 Å². The lowest BCUT2D eigenvalue weighted by Gasteiger charge is -2.18. The van der Waals surface area contributed by atoms with Crippen molar-refractivity contribution in [2.45, 2.75) is 393 Å². The van der Waals surface area contributed by atoms with Crippen LogP contribution in [0.25, 0.3) is 0 Å². The molecule has 0 fully saturated rings. The van der Waals surface area contributed by atoms with Gasteiger partial charge < -0.3 is 14.2 Å². The molecule has 0 radical (unpaired) electrons. The number of rotatable bonds is 63. The van der Waals surface area contributed by atoms with E-state index in [0.29, 0.717) is 19.3 Å². The molecule has 0 aromatic rings. The smallest absolute Gasteiger partial charge is 0.306 e. The first-order valence-corrected chi connectivity index (χ1v) is 33.7. The van der Waals surface area contributed by atoms with Crippen LogP contribution in [0.15, 0.2) is 12.2 Å². The van der Waals surface area contributed by atoms with Gasteiger partial charge in [0.15, 0.2) is 6.10 Å². The van der Waals surface area contributed by atoms with Gasteiger partial charge in [0.2, 0.25) is 0 Å². The van der Waals surface area contributed by atoms with E-state index >= 15 is 0 Å². The average Bonchev–Trinajstić information content (AvgIpc) is 3.40. The molecule has 6 heteroatoms. The van der Waals surface area contributed by atoms with Gasteiger partial charge in [-0.25, -0.2) is 0 Å². The summed E-state index contributed by atoms with van der Waals surface area (Å²) in [6.45, 7) is 6.72. The first-order valence-electron chi connectivity index (χ1n) is 33.7. The predicted molar refractivity (Wildman–Crippen MR) is 321 cm³/mol. The van der Waals surface area contributed by atoms with E-state index < -0.39 is 6.10 Å². The number of esters is 3. The normalized spacial score (nSPS) is 12.0. The molecular formula is C68H130O6. The quantitative estimate of drug-likeness (QED) is 0.0261. The molecule has 6 nitrogen and oxygen atoms in total. The number of carbonyl (C=O) groups is 3. The number of carbonyl (C=O) groups excluding carboxylic acids is 3. The SMILES string of the molecule is CCCCCCCCCC/C=C\CCCCCCCCCCCCCCCC(=O)OCC(COC(=O)CCCCCCCCCCCCCCC)OC(=O)CCCCCCCCCCCCCCCCCCCC. The summed E-state index contributed by atoms with van der Waals surface area (Å²) in [4.78, 5) is 38.3. The van der Waals surface area contributed by atoms with E-state index in [1.165, 1.54) is 289 Å².